The van der Waals surface area contributed by atoms with E-state index in [9.17, 15) is 0 Å². The van der Waals surface area contributed by atoms with Crippen LogP contribution in [0.2, 0.25) is 0 Å². The lowest BCUT2D eigenvalue weighted by atomic mass is 10.2. The third-order valence-corrected chi connectivity index (χ3v) is 2.01. The fraction of sp³-hybridized carbons (Fsp3) is 0.182. The summed E-state index contributed by atoms with van der Waals surface area (Å²) in [5, 5.41) is 0. The average Bonchev–Trinajstić information content (AvgIpc) is 2.21. The van der Waals surface area contributed by atoms with Gasteiger partial charge in [-0.2, -0.15) is 0 Å². The summed E-state index contributed by atoms with van der Waals surface area (Å²) in [6, 6.07) is 10.4. The molecule has 0 radical (unpaired) electrons. The quantitative estimate of drug-likeness (QED) is 0.666. The molecule has 13 heavy (non-hydrogen) atoms. The zero-order valence-corrected chi connectivity index (χ0v) is 7.43. The highest BCUT2D eigenvalue weighted by Gasteiger charge is 2.00. The van der Waals surface area contributed by atoms with Crippen LogP contribution in [0, 0.1) is 0 Å². The van der Waals surface area contributed by atoms with Crippen molar-refractivity contribution in [1.29, 1.82) is 0 Å². The van der Waals surface area contributed by atoms with Crippen LogP contribution in [0.1, 0.15) is 5.56 Å². The van der Waals surface area contributed by atoms with Crippen LogP contribution in [0.4, 0.5) is 0 Å². The van der Waals surface area contributed by atoms with Crippen molar-refractivity contribution in [2.75, 3.05) is 6.54 Å². The van der Waals surface area contributed by atoms with Crippen LogP contribution in [0.25, 0.3) is 0 Å². The second kappa shape index (κ2) is 3.90. The normalized spacial score (nSPS) is 14.9. The molecule has 0 bridgehead atoms. The number of benzene rings is 1. The van der Waals surface area contributed by atoms with E-state index in [1.54, 1.807) is 0 Å². The SMILES string of the molecule is C1=CN(Cc2ccccc2)CC=N1. The van der Waals surface area contributed by atoms with Gasteiger partial charge in [0.2, 0.25) is 0 Å². The molecule has 66 valence electrons. The number of hydrogen-bond acceptors (Lipinski definition) is 2. The molecule has 2 nitrogen and oxygen atoms in total. The lowest BCUT2D eigenvalue weighted by Crippen LogP contribution is -2.20. The van der Waals surface area contributed by atoms with Crippen molar-refractivity contribution in [1.82, 2.24) is 4.90 Å². The molecule has 1 aliphatic heterocycles. The molecule has 2 heteroatoms. The lowest BCUT2D eigenvalue weighted by molar-refractivity contribution is 0.419. The van der Waals surface area contributed by atoms with E-state index in [0.29, 0.717) is 0 Å². The summed E-state index contributed by atoms with van der Waals surface area (Å²) in [6.45, 7) is 1.87. The molecular weight excluding hydrogens is 160 g/mol. The fourth-order valence-corrected chi connectivity index (χ4v) is 1.34. The minimum Gasteiger partial charge on any atom is -0.367 e. The maximum absolute atomic E-state index is 4.02. The highest BCUT2D eigenvalue weighted by Crippen LogP contribution is 2.05. The van der Waals surface area contributed by atoms with Gasteiger partial charge in [-0.15, -0.1) is 0 Å². The topological polar surface area (TPSA) is 15.6 Å². The summed E-state index contributed by atoms with van der Waals surface area (Å²) in [6.07, 6.45) is 5.77. The number of rotatable bonds is 2. The Bertz CT molecular complexity index is 314. The Morgan fingerprint density at radius 3 is 2.77 bits per heavy atom. The van der Waals surface area contributed by atoms with Crippen LogP contribution in [0.3, 0.4) is 0 Å². The molecule has 1 aliphatic rings. The van der Waals surface area contributed by atoms with Gasteiger partial charge in [0.15, 0.2) is 0 Å². The van der Waals surface area contributed by atoms with E-state index in [4.69, 9.17) is 0 Å². The Morgan fingerprint density at radius 2 is 2.08 bits per heavy atom. The summed E-state index contributed by atoms with van der Waals surface area (Å²) in [7, 11) is 0. The molecule has 0 aliphatic carbocycles. The van der Waals surface area contributed by atoms with Crippen LogP contribution in [0.5, 0.6) is 0 Å². The smallest absolute Gasteiger partial charge is 0.0531 e. The van der Waals surface area contributed by atoms with E-state index in [2.05, 4.69) is 34.2 Å². The van der Waals surface area contributed by atoms with Crippen molar-refractivity contribution in [3.8, 4) is 0 Å². The highest BCUT2D eigenvalue weighted by molar-refractivity contribution is 5.61. The fourth-order valence-electron chi connectivity index (χ4n) is 1.34. The zero-order chi connectivity index (χ0) is 8.93. The van der Waals surface area contributed by atoms with Gasteiger partial charge in [0.05, 0.1) is 6.54 Å². The molecule has 1 aromatic rings. The minimum absolute atomic E-state index is 0.908. The van der Waals surface area contributed by atoms with Gasteiger partial charge < -0.3 is 4.90 Å². The molecule has 2 rings (SSSR count). The Hall–Kier alpha value is -1.57. The molecule has 0 saturated heterocycles. The Morgan fingerprint density at radius 1 is 1.23 bits per heavy atom. The van der Waals surface area contributed by atoms with Crippen LogP contribution in [0.15, 0.2) is 47.7 Å². The van der Waals surface area contributed by atoms with Gasteiger partial charge in [-0.05, 0) is 5.56 Å². The second-order valence-electron chi connectivity index (χ2n) is 3.04. The molecule has 0 amide bonds. The second-order valence-corrected chi connectivity index (χ2v) is 3.04. The summed E-state index contributed by atoms with van der Waals surface area (Å²) < 4.78 is 0. The molecule has 0 unspecified atom stereocenters. The molecule has 0 atom stereocenters. The Kier molecular flexibility index (Phi) is 2.41. The van der Waals surface area contributed by atoms with E-state index in [1.165, 1.54) is 5.56 Å². The number of hydrogen-bond donors (Lipinski definition) is 0. The summed E-state index contributed by atoms with van der Waals surface area (Å²) in [5.74, 6) is 0. The van der Waals surface area contributed by atoms with Gasteiger partial charge in [0.1, 0.15) is 0 Å². The zero-order valence-electron chi connectivity index (χ0n) is 7.43. The van der Waals surface area contributed by atoms with Crippen molar-refractivity contribution < 1.29 is 0 Å². The van der Waals surface area contributed by atoms with Gasteiger partial charge in [-0.3, -0.25) is 4.99 Å². The number of nitrogens with zero attached hydrogens (tertiary/aromatic N) is 2. The molecular formula is C11H12N2. The van der Waals surface area contributed by atoms with Crippen LogP contribution in [-0.2, 0) is 6.54 Å². The molecule has 0 spiro atoms. The van der Waals surface area contributed by atoms with E-state index < -0.39 is 0 Å². The van der Waals surface area contributed by atoms with Gasteiger partial charge in [-0.25, -0.2) is 0 Å². The van der Waals surface area contributed by atoms with Gasteiger partial charge in [0.25, 0.3) is 0 Å². The summed E-state index contributed by atoms with van der Waals surface area (Å²) in [4.78, 5) is 6.25. The van der Waals surface area contributed by atoms with Crippen molar-refractivity contribution in [3.05, 3.63) is 48.3 Å². The maximum atomic E-state index is 4.02. The largest absolute Gasteiger partial charge is 0.367 e. The van der Waals surface area contributed by atoms with E-state index in [-0.39, 0.29) is 0 Å². The van der Waals surface area contributed by atoms with Crippen LogP contribution < -0.4 is 0 Å². The standard InChI is InChI=1S/C11H12N2/c1-2-4-11(5-3-1)10-13-8-6-12-7-9-13/h1-8H,9-10H2. The first-order valence-electron chi connectivity index (χ1n) is 4.41. The number of aliphatic imine (C=N–C) groups is 1. The highest BCUT2D eigenvalue weighted by atomic mass is 15.1. The Labute approximate surface area is 78.2 Å². The first-order chi connectivity index (χ1) is 6.45. The average molecular weight is 172 g/mol. The molecule has 0 N–H and O–H groups in total. The van der Waals surface area contributed by atoms with Gasteiger partial charge in [0, 0.05) is 25.2 Å². The van der Waals surface area contributed by atoms with Crippen molar-refractivity contribution in [2.45, 2.75) is 6.54 Å². The first-order valence-corrected chi connectivity index (χ1v) is 4.41. The third kappa shape index (κ3) is 2.18. The summed E-state index contributed by atoms with van der Waals surface area (Å²) in [5.41, 5.74) is 1.34. The predicted molar refractivity (Wildman–Crippen MR) is 54.5 cm³/mol. The van der Waals surface area contributed by atoms with Gasteiger partial charge in [-0.1, -0.05) is 30.3 Å². The van der Waals surface area contributed by atoms with Crippen molar-refractivity contribution in [2.24, 2.45) is 4.99 Å². The maximum Gasteiger partial charge on any atom is 0.0531 e. The summed E-state index contributed by atoms with van der Waals surface area (Å²) >= 11 is 0. The predicted octanol–water partition coefficient (Wildman–Crippen LogP) is 2.04. The van der Waals surface area contributed by atoms with Gasteiger partial charge >= 0.3 is 0 Å². The van der Waals surface area contributed by atoms with Crippen molar-refractivity contribution in [3.63, 3.8) is 0 Å². The molecule has 0 aromatic heterocycles. The lowest BCUT2D eigenvalue weighted by Gasteiger charge is -2.19. The molecule has 0 saturated carbocycles. The van der Waals surface area contributed by atoms with Crippen LogP contribution >= 0.6 is 0 Å². The van der Waals surface area contributed by atoms with E-state index >= 15 is 0 Å². The van der Waals surface area contributed by atoms with Crippen LogP contribution in [-0.4, -0.2) is 17.7 Å². The molecule has 1 heterocycles. The molecule has 1 aromatic carbocycles. The van der Waals surface area contributed by atoms with Crippen molar-refractivity contribution >= 4 is 6.21 Å². The monoisotopic (exact) mass is 172 g/mol. The van der Waals surface area contributed by atoms with E-state index in [1.807, 2.05) is 24.7 Å². The van der Waals surface area contributed by atoms with E-state index in [0.717, 1.165) is 13.1 Å². The Balaban J connectivity index is 1.99. The molecule has 0 fully saturated rings. The third-order valence-electron chi connectivity index (χ3n) is 2.01. The minimum atomic E-state index is 0.908. The first kappa shape index (κ1) is 8.05.